The van der Waals surface area contributed by atoms with Gasteiger partial charge in [0.25, 0.3) is 5.91 Å². The predicted molar refractivity (Wildman–Crippen MR) is 57.1 cm³/mol. The molecule has 0 bridgehead atoms. The van der Waals surface area contributed by atoms with Gasteiger partial charge in [0.05, 0.1) is 6.21 Å². The van der Waals surface area contributed by atoms with Crippen molar-refractivity contribution in [3.63, 3.8) is 0 Å². The maximum absolute atomic E-state index is 11.1. The first-order valence-electron chi connectivity index (χ1n) is 4.72. The average molecular weight is 204 g/mol. The summed E-state index contributed by atoms with van der Waals surface area (Å²) in [5.74, 6) is -0.0831. The number of hydrazone groups is 1. The molecule has 1 amide bonds. The third kappa shape index (κ3) is 2.54. The monoisotopic (exact) mass is 204 g/mol. The minimum Gasteiger partial charge on any atom is -0.296 e. The first-order valence-corrected chi connectivity index (χ1v) is 4.72. The van der Waals surface area contributed by atoms with Crippen molar-refractivity contribution in [2.45, 2.75) is 6.04 Å². The predicted octanol–water partition coefficient (Wildman–Crippen LogP) is -0.387. The summed E-state index contributed by atoms with van der Waals surface area (Å²) in [6, 6.07) is 9.41. The molecule has 15 heavy (non-hydrogen) atoms. The molecular formula is C10H12N4O. The number of carbonyl (C=O) groups excluding carboxylic acids is 1. The Labute approximate surface area is 87.5 Å². The number of carbonyl (C=O) groups is 1. The Morgan fingerprint density at radius 3 is 2.87 bits per heavy atom. The fourth-order valence-corrected chi connectivity index (χ4v) is 1.27. The second-order valence-electron chi connectivity index (χ2n) is 3.22. The van der Waals surface area contributed by atoms with Crippen molar-refractivity contribution in [3.05, 3.63) is 35.9 Å². The van der Waals surface area contributed by atoms with Crippen LogP contribution in [-0.2, 0) is 4.79 Å². The number of rotatable bonds is 3. The van der Waals surface area contributed by atoms with Crippen molar-refractivity contribution in [2.24, 2.45) is 5.10 Å². The third-order valence-corrected chi connectivity index (χ3v) is 2.08. The van der Waals surface area contributed by atoms with Crippen molar-refractivity contribution in [3.8, 4) is 0 Å². The molecule has 1 aromatic carbocycles. The van der Waals surface area contributed by atoms with Gasteiger partial charge in [-0.15, -0.1) is 0 Å². The average Bonchev–Trinajstić information content (AvgIpc) is 2.66. The molecule has 1 heterocycles. The van der Waals surface area contributed by atoms with Gasteiger partial charge in [0, 0.05) is 6.54 Å². The number of nitrogens with zero attached hydrogens (tertiary/aromatic N) is 1. The van der Waals surface area contributed by atoms with Crippen LogP contribution in [0.15, 0.2) is 35.4 Å². The van der Waals surface area contributed by atoms with Gasteiger partial charge in [-0.25, -0.2) is 5.43 Å². The van der Waals surface area contributed by atoms with E-state index in [1.165, 1.54) is 0 Å². The van der Waals surface area contributed by atoms with E-state index in [-0.39, 0.29) is 11.9 Å². The standard InChI is InChI=1S/C10H12N4O/c15-10-9(7-12-14-10)13-11-6-8-4-2-1-3-5-8/h1-6,9,12-13H,7H2,(H,14,15)/b11-6-/t9-/m0/s1. The van der Waals surface area contributed by atoms with E-state index in [1.807, 2.05) is 30.3 Å². The molecule has 2 rings (SSSR count). The Hall–Kier alpha value is -1.88. The minimum atomic E-state index is -0.287. The SMILES string of the molecule is O=C1NNC[C@@H]1N/N=C\c1ccccc1. The number of hydrazine groups is 1. The number of hydrogen-bond donors (Lipinski definition) is 3. The van der Waals surface area contributed by atoms with Crippen LogP contribution >= 0.6 is 0 Å². The Morgan fingerprint density at radius 2 is 2.20 bits per heavy atom. The summed E-state index contributed by atoms with van der Waals surface area (Å²) in [6.45, 7) is 0.547. The molecule has 5 nitrogen and oxygen atoms in total. The molecule has 0 spiro atoms. The molecule has 1 aromatic rings. The summed E-state index contributed by atoms with van der Waals surface area (Å²) < 4.78 is 0. The molecule has 0 aromatic heterocycles. The van der Waals surface area contributed by atoms with Gasteiger partial charge in [0.2, 0.25) is 0 Å². The summed E-state index contributed by atoms with van der Waals surface area (Å²) in [4.78, 5) is 11.1. The van der Waals surface area contributed by atoms with Crippen molar-refractivity contribution in [1.29, 1.82) is 0 Å². The van der Waals surface area contributed by atoms with Crippen molar-refractivity contribution >= 4 is 12.1 Å². The van der Waals surface area contributed by atoms with E-state index in [9.17, 15) is 4.79 Å². The zero-order valence-corrected chi connectivity index (χ0v) is 8.10. The van der Waals surface area contributed by atoms with E-state index in [4.69, 9.17) is 0 Å². The first-order chi connectivity index (χ1) is 7.36. The molecule has 1 aliphatic heterocycles. The molecule has 1 atom stereocenters. The molecule has 3 N–H and O–H groups in total. The highest BCUT2D eigenvalue weighted by molar-refractivity contribution is 5.84. The van der Waals surface area contributed by atoms with E-state index in [1.54, 1.807) is 6.21 Å². The fraction of sp³-hybridized carbons (Fsp3) is 0.200. The summed E-state index contributed by atoms with van der Waals surface area (Å²) in [7, 11) is 0. The maximum atomic E-state index is 11.1. The van der Waals surface area contributed by atoms with E-state index in [0.29, 0.717) is 6.54 Å². The Morgan fingerprint density at radius 1 is 1.40 bits per heavy atom. The molecule has 0 radical (unpaired) electrons. The lowest BCUT2D eigenvalue weighted by atomic mass is 10.2. The number of hydrogen-bond acceptors (Lipinski definition) is 4. The van der Waals surface area contributed by atoms with Gasteiger partial charge in [0.1, 0.15) is 6.04 Å². The summed E-state index contributed by atoms with van der Waals surface area (Å²) in [6.07, 6.45) is 1.69. The van der Waals surface area contributed by atoms with Gasteiger partial charge in [-0.05, 0) is 5.56 Å². The quantitative estimate of drug-likeness (QED) is 0.464. The van der Waals surface area contributed by atoms with Crippen LogP contribution in [0.1, 0.15) is 5.56 Å². The largest absolute Gasteiger partial charge is 0.296 e. The zero-order valence-electron chi connectivity index (χ0n) is 8.10. The number of amides is 1. The van der Waals surface area contributed by atoms with Gasteiger partial charge in [0.15, 0.2) is 0 Å². The number of benzene rings is 1. The zero-order chi connectivity index (χ0) is 10.5. The van der Waals surface area contributed by atoms with Crippen molar-refractivity contribution in [2.75, 3.05) is 6.54 Å². The van der Waals surface area contributed by atoms with Crippen LogP contribution in [0.3, 0.4) is 0 Å². The Balaban J connectivity index is 1.88. The molecule has 5 heteroatoms. The van der Waals surface area contributed by atoms with Crippen LogP contribution in [0.5, 0.6) is 0 Å². The molecule has 78 valence electrons. The van der Waals surface area contributed by atoms with E-state index in [2.05, 4.69) is 21.4 Å². The number of nitrogens with one attached hydrogen (secondary N) is 3. The van der Waals surface area contributed by atoms with Crippen LogP contribution in [0.2, 0.25) is 0 Å². The highest BCUT2D eigenvalue weighted by Gasteiger charge is 2.22. The van der Waals surface area contributed by atoms with E-state index in [0.717, 1.165) is 5.56 Å². The molecule has 1 saturated heterocycles. The first kappa shape index (κ1) is 9.67. The van der Waals surface area contributed by atoms with Crippen molar-refractivity contribution < 1.29 is 4.79 Å². The lowest BCUT2D eigenvalue weighted by molar-refractivity contribution is -0.121. The fourth-order valence-electron chi connectivity index (χ4n) is 1.27. The molecule has 0 aliphatic carbocycles. The molecular weight excluding hydrogens is 192 g/mol. The van der Waals surface area contributed by atoms with Crippen LogP contribution in [0.4, 0.5) is 0 Å². The Bertz CT molecular complexity index is 363. The van der Waals surface area contributed by atoms with Gasteiger partial charge in [-0.1, -0.05) is 30.3 Å². The van der Waals surface area contributed by atoms with Crippen LogP contribution < -0.4 is 16.3 Å². The lowest BCUT2D eigenvalue weighted by Crippen LogP contribution is -2.34. The summed E-state index contributed by atoms with van der Waals surface area (Å²) >= 11 is 0. The van der Waals surface area contributed by atoms with Gasteiger partial charge in [-0.3, -0.25) is 15.6 Å². The van der Waals surface area contributed by atoms with Crippen LogP contribution in [-0.4, -0.2) is 24.7 Å². The topological polar surface area (TPSA) is 65.5 Å². The van der Waals surface area contributed by atoms with Crippen molar-refractivity contribution in [1.82, 2.24) is 16.3 Å². The second-order valence-corrected chi connectivity index (χ2v) is 3.22. The van der Waals surface area contributed by atoms with Gasteiger partial charge < -0.3 is 0 Å². The Kier molecular flexibility index (Phi) is 2.94. The molecule has 0 unspecified atom stereocenters. The smallest absolute Gasteiger partial charge is 0.259 e. The highest BCUT2D eigenvalue weighted by atomic mass is 16.2. The maximum Gasteiger partial charge on any atom is 0.259 e. The van der Waals surface area contributed by atoms with E-state index < -0.39 is 0 Å². The third-order valence-electron chi connectivity index (χ3n) is 2.08. The molecule has 0 saturated carbocycles. The van der Waals surface area contributed by atoms with E-state index >= 15 is 0 Å². The minimum absolute atomic E-state index is 0.0831. The normalized spacial score (nSPS) is 20.5. The second kappa shape index (κ2) is 4.56. The van der Waals surface area contributed by atoms with Crippen LogP contribution in [0.25, 0.3) is 0 Å². The van der Waals surface area contributed by atoms with Crippen LogP contribution in [0, 0.1) is 0 Å². The van der Waals surface area contributed by atoms with Gasteiger partial charge in [-0.2, -0.15) is 5.10 Å². The molecule has 1 aliphatic rings. The molecule has 1 fully saturated rings. The highest BCUT2D eigenvalue weighted by Crippen LogP contribution is 1.94. The summed E-state index contributed by atoms with van der Waals surface area (Å²) in [5.41, 5.74) is 9.00. The lowest BCUT2D eigenvalue weighted by Gasteiger charge is -2.03. The van der Waals surface area contributed by atoms with Gasteiger partial charge >= 0.3 is 0 Å². The summed E-state index contributed by atoms with van der Waals surface area (Å²) in [5, 5.41) is 4.00.